The van der Waals surface area contributed by atoms with Crippen molar-refractivity contribution in [2.75, 3.05) is 5.32 Å². The smallest absolute Gasteiger partial charge is 0.309 e. The summed E-state index contributed by atoms with van der Waals surface area (Å²) < 4.78 is 34.2. The van der Waals surface area contributed by atoms with Gasteiger partial charge in [0.25, 0.3) is 0 Å². The summed E-state index contributed by atoms with van der Waals surface area (Å²) in [5.74, 6) is -2.82. The van der Waals surface area contributed by atoms with Gasteiger partial charge in [-0.25, -0.2) is 13.8 Å². The molecule has 41 heavy (non-hydrogen) atoms. The highest BCUT2D eigenvalue weighted by atomic mass is 32.1. The Morgan fingerprint density at radius 1 is 1.10 bits per heavy atom. The van der Waals surface area contributed by atoms with Crippen LogP contribution in [-0.4, -0.2) is 39.3 Å². The lowest BCUT2D eigenvalue weighted by atomic mass is 9.91. The zero-order valence-corrected chi connectivity index (χ0v) is 23.7. The van der Waals surface area contributed by atoms with E-state index in [1.54, 1.807) is 23.5 Å². The highest BCUT2D eigenvalue weighted by Crippen LogP contribution is 2.35. The summed E-state index contributed by atoms with van der Waals surface area (Å²) in [5.41, 5.74) is 3.46. The van der Waals surface area contributed by atoms with Gasteiger partial charge in [-0.2, -0.15) is 0 Å². The van der Waals surface area contributed by atoms with Crippen LogP contribution in [0.15, 0.2) is 48.7 Å². The number of halogens is 2. The van der Waals surface area contributed by atoms with Gasteiger partial charge in [0.2, 0.25) is 11.8 Å². The van der Waals surface area contributed by atoms with Gasteiger partial charge in [-0.05, 0) is 63.4 Å². The molecular formula is C30H30F2N4O4S. The number of carbonyl (C=O) groups is 3. The number of ether oxygens (including phenoxy) is 1. The van der Waals surface area contributed by atoms with Crippen molar-refractivity contribution < 1.29 is 27.9 Å². The maximum absolute atomic E-state index is 13.4. The molecule has 8 nitrogen and oxygen atoms in total. The molecule has 4 aromatic rings. The van der Waals surface area contributed by atoms with E-state index in [1.807, 2.05) is 32.2 Å². The zero-order valence-electron chi connectivity index (χ0n) is 22.9. The van der Waals surface area contributed by atoms with Crippen LogP contribution in [0.25, 0.3) is 16.2 Å². The van der Waals surface area contributed by atoms with Crippen LogP contribution in [0.4, 0.5) is 14.5 Å². The summed E-state index contributed by atoms with van der Waals surface area (Å²) in [6.45, 7) is 5.24. The van der Waals surface area contributed by atoms with Crippen LogP contribution in [-0.2, 0) is 38.4 Å². The molecule has 11 heteroatoms. The molecule has 0 saturated carbocycles. The first-order valence-corrected chi connectivity index (χ1v) is 14.2. The first-order chi connectivity index (χ1) is 19.5. The number of rotatable bonds is 8. The Morgan fingerprint density at radius 2 is 1.80 bits per heavy atom. The van der Waals surface area contributed by atoms with Gasteiger partial charge < -0.3 is 15.4 Å². The lowest BCUT2D eigenvalue weighted by Gasteiger charge is -2.21. The van der Waals surface area contributed by atoms with Gasteiger partial charge in [0, 0.05) is 40.5 Å². The van der Waals surface area contributed by atoms with Crippen molar-refractivity contribution in [3.05, 3.63) is 76.4 Å². The molecule has 0 spiro atoms. The minimum atomic E-state index is -0.867. The van der Waals surface area contributed by atoms with Crippen molar-refractivity contribution in [1.29, 1.82) is 0 Å². The summed E-state index contributed by atoms with van der Waals surface area (Å²) in [6, 6.07) is 9.21. The molecule has 0 fully saturated rings. The summed E-state index contributed by atoms with van der Waals surface area (Å²) in [7, 11) is 0. The van der Waals surface area contributed by atoms with Crippen molar-refractivity contribution in [2.45, 2.75) is 58.6 Å². The maximum atomic E-state index is 13.4. The van der Waals surface area contributed by atoms with Crippen LogP contribution in [0.5, 0.6) is 0 Å². The van der Waals surface area contributed by atoms with Gasteiger partial charge in [-0.15, -0.1) is 11.3 Å². The fourth-order valence-electron chi connectivity index (χ4n) is 4.88. The first kappa shape index (κ1) is 28.4. The lowest BCUT2D eigenvalue weighted by molar-refractivity contribution is -0.152. The Hall–Kier alpha value is -4.12. The molecule has 2 aromatic carbocycles. The lowest BCUT2D eigenvalue weighted by Crippen LogP contribution is -2.42. The second-order valence-corrected chi connectivity index (χ2v) is 11.5. The molecule has 2 aromatic heterocycles. The normalized spacial score (nSPS) is 15.4. The van der Waals surface area contributed by atoms with Crippen LogP contribution in [0.3, 0.4) is 0 Å². The van der Waals surface area contributed by atoms with Crippen LogP contribution in [0.2, 0.25) is 0 Å². The number of amides is 2. The number of anilines is 1. The molecule has 2 amide bonds. The summed E-state index contributed by atoms with van der Waals surface area (Å²) in [6.07, 6.45) is 3.80. The Morgan fingerprint density at radius 3 is 2.49 bits per heavy atom. The molecule has 2 heterocycles. The molecule has 1 unspecified atom stereocenters. The second-order valence-electron chi connectivity index (χ2n) is 10.5. The van der Waals surface area contributed by atoms with Crippen LogP contribution in [0, 0.1) is 17.6 Å². The van der Waals surface area contributed by atoms with Crippen molar-refractivity contribution in [3.8, 4) is 11.3 Å². The van der Waals surface area contributed by atoms with E-state index in [4.69, 9.17) is 9.72 Å². The van der Waals surface area contributed by atoms with Gasteiger partial charge in [0.05, 0.1) is 24.1 Å². The maximum Gasteiger partial charge on any atom is 0.309 e. The molecule has 214 valence electrons. The van der Waals surface area contributed by atoms with Crippen molar-refractivity contribution >= 4 is 39.8 Å². The standard InChI is InChI=1S/C30H30F2N4O4S/c1-16(2)40-29(39)20-6-9-26-25(13-20)36-15-24(35-30(36)41-26)19-4-7-23(8-5-19)34-28(38)17(3)33-27(37)12-18-10-21(31)14-22(32)11-18/h4-5,7-8,10-11,14-17,20H,6,9,12-13H2,1-3H3,(H,33,37)(H,34,38)/t17-,20?/m0/s1. The monoisotopic (exact) mass is 580 g/mol. The van der Waals surface area contributed by atoms with E-state index in [2.05, 4.69) is 15.0 Å². The third-order valence-corrected chi connectivity index (χ3v) is 8.01. The number of fused-ring (bicyclic) bond motifs is 3. The predicted molar refractivity (Wildman–Crippen MR) is 152 cm³/mol. The fourth-order valence-corrected chi connectivity index (χ4v) is 6.03. The third-order valence-electron chi connectivity index (χ3n) is 6.85. The van der Waals surface area contributed by atoms with Gasteiger partial charge in [-0.1, -0.05) is 12.1 Å². The molecular weight excluding hydrogens is 550 g/mol. The quantitative estimate of drug-likeness (QED) is 0.283. The molecule has 0 bridgehead atoms. The summed E-state index contributed by atoms with van der Waals surface area (Å²) in [4.78, 5) is 44.3. The van der Waals surface area contributed by atoms with E-state index < -0.39 is 29.5 Å². The number of benzene rings is 2. The first-order valence-electron chi connectivity index (χ1n) is 13.4. The number of hydrogen-bond acceptors (Lipinski definition) is 6. The Labute approximate surface area is 239 Å². The number of aromatic nitrogens is 2. The van der Waals surface area contributed by atoms with E-state index in [0.717, 1.165) is 53.0 Å². The Bertz CT molecular complexity index is 1590. The van der Waals surface area contributed by atoms with Gasteiger partial charge in [-0.3, -0.25) is 18.8 Å². The molecule has 2 atom stereocenters. The van der Waals surface area contributed by atoms with Crippen molar-refractivity contribution in [3.63, 3.8) is 0 Å². The fraction of sp³-hybridized carbons (Fsp3) is 0.333. The van der Waals surface area contributed by atoms with E-state index in [0.29, 0.717) is 12.1 Å². The van der Waals surface area contributed by atoms with Crippen LogP contribution >= 0.6 is 11.3 Å². The molecule has 1 aliphatic carbocycles. The molecule has 0 radical (unpaired) electrons. The number of imidazole rings is 1. The van der Waals surface area contributed by atoms with Crippen LogP contribution in [0.1, 0.15) is 43.3 Å². The Balaban J connectivity index is 1.20. The van der Waals surface area contributed by atoms with Crippen LogP contribution < -0.4 is 10.6 Å². The topological polar surface area (TPSA) is 102 Å². The van der Waals surface area contributed by atoms with E-state index in [1.165, 1.54) is 11.8 Å². The van der Waals surface area contributed by atoms with Crippen molar-refractivity contribution in [2.24, 2.45) is 5.92 Å². The largest absolute Gasteiger partial charge is 0.463 e. The third kappa shape index (κ3) is 6.62. The second kappa shape index (κ2) is 11.8. The highest BCUT2D eigenvalue weighted by Gasteiger charge is 2.30. The minimum absolute atomic E-state index is 0.139. The number of aryl methyl sites for hydroxylation is 1. The summed E-state index contributed by atoms with van der Waals surface area (Å²) >= 11 is 1.64. The molecule has 1 aliphatic rings. The number of hydrogen-bond donors (Lipinski definition) is 2. The number of thiazole rings is 1. The molecule has 2 N–H and O–H groups in total. The predicted octanol–water partition coefficient (Wildman–Crippen LogP) is 5.08. The Kier molecular flexibility index (Phi) is 8.16. The molecule has 0 aliphatic heterocycles. The van der Waals surface area contributed by atoms with E-state index in [9.17, 15) is 23.2 Å². The summed E-state index contributed by atoms with van der Waals surface area (Å²) in [5, 5.41) is 5.30. The number of nitrogens with zero attached hydrogens (tertiary/aromatic N) is 2. The number of esters is 1. The molecule has 0 saturated heterocycles. The molecule has 5 rings (SSSR count). The van der Waals surface area contributed by atoms with Gasteiger partial charge in [0.1, 0.15) is 17.7 Å². The van der Waals surface area contributed by atoms with Gasteiger partial charge in [0.15, 0.2) is 4.96 Å². The van der Waals surface area contributed by atoms with Crippen molar-refractivity contribution in [1.82, 2.24) is 14.7 Å². The average molecular weight is 581 g/mol. The minimum Gasteiger partial charge on any atom is -0.463 e. The highest BCUT2D eigenvalue weighted by molar-refractivity contribution is 7.17. The number of carbonyl (C=O) groups excluding carboxylic acids is 3. The average Bonchev–Trinajstić information content (AvgIpc) is 3.46. The van der Waals surface area contributed by atoms with E-state index >= 15 is 0 Å². The number of nitrogens with one attached hydrogen (secondary N) is 2. The van der Waals surface area contributed by atoms with Gasteiger partial charge >= 0.3 is 5.97 Å². The zero-order chi connectivity index (χ0) is 29.3. The SMILES string of the molecule is CC(C)OC(=O)C1CCc2sc3nc(-c4ccc(NC(=O)[C@H](C)NC(=O)Cc5cc(F)cc(F)c5)cc4)cn3c2C1. The van der Waals surface area contributed by atoms with E-state index in [-0.39, 0.29) is 30.0 Å².